The number of sulfonamides is 1. The Hall–Kier alpha value is -4.10. The fourth-order valence-corrected chi connectivity index (χ4v) is 5.24. The van der Waals surface area contributed by atoms with Crippen molar-refractivity contribution < 1.29 is 22.7 Å². The molecule has 0 amide bonds. The summed E-state index contributed by atoms with van der Waals surface area (Å²) < 4.78 is 40.7. The van der Waals surface area contributed by atoms with E-state index in [0.717, 1.165) is 11.1 Å². The van der Waals surface area contributed by atoms with Crippen LogP contribution in [0.2, 0.25) is 0 Å². The molecular formula is C29H27NO5S. The molecule has 0 saturated carbocycles. The number of benzene rings is 4. The van der Waals surface area contributed by atoms with E-state index in [1.807, 2.05) is 60.7 Å². The lowest BCUT2D eigenvalue weighted by molar-refractivity contribution is 0.0474. The number of methoxy groups -OCH3 is 1. The maximum atomic E-state index is 13.6. The van der Waals surface area contributed by atoms with Gasteiger partial charge in [0.15, 0.2) is 0 Å². The number of rotatable bonds is 9. The second kappa shape index (κ2) is 11.1. The minimum atomic E-state index is -4.05. The molecule has 7 heteroatoms. The van der Waals surface area contributed by atoms with E-state index in [-0.39, 0.29) is 22.8 Å². The molecule has 0 saturated heterocycles. The number of carbonyl (C=O) groups excluding carboxylic acids is 1. The molecule has 4 rings (SSSR count). The van der Waals surface area contributed by atoms with Crippen LogP contribution in [0.3, 0.4) is 0 Å². The lowest BCUT2D eigenvalue weighted by Crippen LogP contribution is -2.19. The van der Waals surface area contributed by atoms with Crippen molar-refractivity contribution in [2.45, 2.75) is 24.8 Å². The Bertz CT molecular complexity index is 1450. The standard InChI is InChI=1S/C29H27NO5S/c1-21-10-9-15-26(29(31)35-20-23-13-7-4-8-14-23)28(21)30-36(32,33)27-17-16-25(34-2)19-24(27)18-22-11-5-3-6-12-22/h3-17,19,30H,18,20H2,1-2H3. The average molecular weight is 502 g/mol. The lowest BCUT2D eigenvalue weighted by Gasteiger charge is -2.17. The Labute approximate surface area is 211 Å². The molecule has 0 fully saturated rings. The fourth-order valence-electron chi connectivity index (χ4n) is 3.86. The number of esters is 1. The molecule has 1 N–H and O–H groups in total. The Morgan fingerprint density at radius 2 is 1.50 bits per heavy atom. The van der Waals surface area contributed by atoms with Crippen molar-refractivity contribution in [2.75, 3.05) is 11.8 Å². The number of para-hydroxylation sites is 1. The van der Waals surface area contributed by atoms with Gasteiger partial charge in [0.25, 0.3) is 10.0 Å². The highest BCUT2D eigenvalue weighted by Crippen LogP contribution is 2.29. The van der Waals surface area contributed by atoms with Crippen LogP contribution in [0.4, 0.5) is 5.69 Å². The van der Waals surface area contributed by atoms with E-state index in [1.54, 1.807) is 37.3 Å². The highest BCUT2D eigenvalue weighted by Gasteiger charge is 2.24. The number of hydrogen-bond donors (Lipinski definition) is 1. The van der Waals surface area contributed by atoms with Gasteiger partial charge in [-0.05, 0) is 59.9 Å². The Kier molecular flexibility index (Phi) is 7.71. The molecule has 0 aromatic heterocycles. The van der Waals surface area contributed by atoms with Gasteiger partial charge in [-0.3, -0.25) is 4.72 Å². The second-order valence-electron chi connectivity index (χ2n) is 8.30. The zero-order valence-corrected chi connectivity index (χ0v) is 20.9. The molecule has 0 spiro atoms. The van der Waals surface area contributed by atoms with Gasteiger partial charge >= 0.3 is 5.97 Å². The Balaban J connectivity index is 1.65. The SMILES string of the molecule is COc1ccc(S(=O)(=O)Nc2c(C)cccc2C(=O)OCc2ccccc2)c(Cc2ccccc2)c1. The minimum absolute atomic E-state index is 0.0828. The van der Waals surface area contributed by atoms with Gasteiger partial charge in [0, 0.05) is 0 Å². The number of aryl methyl sites for hydroxylation is 1. The number of carbonyl (C=O) groups is 1. The fraction of sp³-hybridized carbons (Fsp3) is 0.138. The summed E-state index contributed by atoms with van der Waals surface area (Å²) in [4.78, 5) is 13.0. The quantitative estimate of drug-likeness (QED) is 0.295. The van der Waals surface area contributed by atoms with Crippen LogP contribution in [0.1, 0.15) is 32.6 Å². The molecule has 0 radical (unpaired) electrons. The van der Waals surface area contributed by atoms with Gasteiger partial charge in [-0.1, -0.05) is 72.8 Å². The summed E-state index contributed by atoms with van der Waals surface area (Å²) in [5, 5.41) is 0. The van der Waals surface area contributed by atoms with E-state index in [1.165, 1.54) is 13.2 Å². The van der Waals surface area contributed by atoms with Crippen LogP contribution in [-0.2, 0) is 27.8 Å². The molecule has 6 nitrogen and oxygen atoms in total. The third kappa shape index (κ3) is 5.93. The van der Waals surface area contributed by atoms with Crippen molar-refractivity contribution >= 4 is 21.7 Å². The third-order valence-corrected chi connectivity index (χ3v) is 7.19. The molecule has 0 bridgehead atoms. The van der Waals surface area contributed by atoms with Crippen molar-refractivity contribution in [3.8, 4) is 5.75 Å². The lowest BCUT2D eigenvalue weighted by atomic mass is 10.0. The Morgan fingerprint density at radius 3 is 2.17 bits per heavy atom. The smallest absolute Gasteiger partial charge is 0.340 e. The van der Waals surface area contributed by atoms with Gasteiger partial charge in [-0.2, -0.15) is 0 Å². The van der Waals surface area contributed by atoms with Gasteiger partial charge in [-0.15, -0.1) is 0 Å². The summed E-state index contributed by atoms with van der Waals surface area (Å²) in [5.74, 6) is -0.0551. The van der Waals surface area contributed by atoms with Crippen LogP contribution in [0.15, 0.2) is 102 Å². The Morgan fingerprint density at radius 1 is 0.833 bits per heavy atom. The van der Waals surface area contributed by atoms with Gasteiger partial charge in [-0.25, -0.2) is 13.2 Å². The van der Waals surface area contributed by atoms with Crippen LogP contribution in [0, 0.1) is 6.92 Å². The molecule has 0 aliphatic carbocycles. The van der Waals surface area contributed by atoms with Gasteiger partial charge < -0.3 is 9.47 Å². The van der Waals surface area contributed by atoms with E-state index in [0.29, 0.717) is 23.3 Å². The van der Waals surface area contributed by atoms with Crippen LogP contribution in [0.25, 0.3) is 0 Å². The van der Waals surface area contributed by atoms with Crippen molar-refractivity contribution in [3.63, 3.8) is 0 Å². The average Bonchev–Trinajstić information content (AvgIpc) is 2.89. The zero-order chi connectivity index (χ0) is 25.5. The molecule has 4 aromatic rings. The first-order chi connectivity index (χ1) is 17.4. The molecule has 0 atom stereocenters. The minimum Gasteiger partial charge on any atom is -0.497 e. The van der Waals surface area contributed by atoms with Gasteiger partial charge in [0.05, 0.1) is 23.3 Å². The summed E-state index contributed by atoms with van der Waals surface area (Å²) in [5.41, 5.74) is 3.32. The van der Waals surface area contributed by atoms with Gasteiger partial charge in [0.1, 0.15) is 12.4 Å². The molecule has 0 unspecified atom stereocenters. The first-order valence-corrected chi connectivity index (χ1v) is 12.9. The first kappa shape index (κ1) is 25.0. The number of hydrogen-bond acceptors (Lipinski definition) is 5. The number of nitrogens with one attached hydrogen (secondary N) is 1. The number of anilines is 1. The summed E-state index contributed by atoms with van der Waals surface area (Å²) >= 11 is 0. The summed E-state index contributed by atoms with van der Waals surface area (Å²) in [6.45, 7) is 1.82. The second-order valence-corrected chi connectivity index (χ2v) is 9.95. The van der Waals surface area contributed by atoms with Crippen molar-refractivity contribution in [1.29, 1.82) is 0 Å². The topological polar surface area (TPSA) is 81.7 Å². The predicted octanol–water partition coefficient (Wildman–Crippen LogP) is 5.75. The summed E-state index contributed by atoms with van der Waals surface area (Å²) in [6.07, 6.45) is 0.397. The van der Waals surface area contributed by atoms with Crippen molar-refractivity contribution in [1.82, 2.24) is 0 Å². The third-order valence-electron chi connectivity index (χ3n) is 5.74. The van der Waals surface area contributed by atoms with Crippen LogP contribution in [0.5, 0.6) is 5.75 Å². The van der Waals surface area contributed by atoms with E-state index < -0.39 is 16.0 Å². The predicted molar refractivity (Wildman–Crippen MR) is 140 cm³/mol. The monoisotopic (exact) mass is 501 g/mol. The maximum Gasteiger partial charge on any atom is 0.340 e. The maximum absolute atomic E-state index is 13.6. The van der Waals surface area contributed by atoms with Crippen LogP contribution in [-0.4, -0.2) is 21.5 Å². The van der Waals surface area contributed by atoms with Crippen LogP contribution >= 0.6 is 0 Å². The van der Waals surface area contributed by atoms with E-state index in [2.05, 4.69) is 4.72 Å². The number of ether oxygens (including phenoxy) is 2. The highest BCUT2D eigenvalue weighted by atomic mass is 32.2. The molecule has 184 valence electrons. The molecule has 36 heavy (non-hydrogen) atoms. The highest BCUT2D eigenvalue weighted by molar-refractivity contribution is 7.92. The summed E-state index contributed by atoms with van der Waals surface area (Å²) in [6, 6.07) is 28.7. The van der Waals surface area contributed by atoms with Crippen molar-refractivity contribution in [3.05, 3.63) is 125 Å². The van der Waals surface area contributed by atoms with E-state index >= 15 is 0 Å². The first-order valence-electron chi connectivity index (χ1n) is 11.4. The van der Waals surface area contributed by atoms with E-state index in [9.17, 15) is 13.2 Å². The van der Waals surface area contributed by atoms with Crippen molar-refractivity contribution in [2.24, 2.45) is 0 Å². The largest absolute Gasteiger partial charge is 0.497 e. The summed E-state index contributed by atoms with van der Waals surface area (Å²) in [7, 11) is -2.51. The zero-order valence-electron chi connectivity index (χ0n) is 20.1. The molecule has 4 aromatic carbocycles. The van der Waals surface area contributed by atoms with E-state index in [4.69, 9.17) is 9.47 Å². The molecule has 0 aliphatic heterocycles. The normalized spacial score (nSPS) is 11.1. The molecule has 0 aliphatic rings. The molecule has 0 heterocycles. The van der Waals surface area contributed by atoms with Crippen LogP contribution < -0.4 is 9.46 Å². The van der Waals surface area contributed by atoms with Gasteiger partial charge in [0.2, 0.25) is 0 Å². The molecular weight excluding hydrogens is 474 g/mol.